The molecule has 2 nitrogen and oxygen atoms in total. The molecule has 0 radical (unpaired) electrons. The van der Waals surface area contributed by atoms with E-state index in [-0.39, 0.29) is 17.9 Å². The van der Waals surface area contributed by atoms with E-state index in [4.69, 9.17) is 10.2 Å². The lowest BCUT2D eigenvalue weighted by atomic mass is 10.2. The van der Waals surface area contributed by atoms with Crippen molar-refractivity contribution in [3.8, 4) is 5.75 Å². The van der Waals surface area contributed by atoms with Gasteiger partial charge in [0.05, 0.1) is 6.61 Å². The average Bonchev–Trinajstić information content (AvgIpc) is 2.09. The molecule has 0 amide bonds. The van der Waals surface area contributed by atoms with Crippen LogP contribution in [0.3, 0.4) is 0 Å². The van der Waals surface area contributed by atoms with Crippen LogP contribution in [0.25, 0.3) is 6.08 Å². The first-order valence-electron chi connectivity index (χ1n) is 3.60. The van der Waals surface area contributed by atoms with Gasteiger partial charge in [0.2, 0.25) is 0 Å². The Kier molecular flexibility index (Phi) is 2.97. The predicted molar refractivity (Wildman–Crippen MR) is 44.1 cm³/mol. The molecule has 0 saturated heterocycles. The molecule has 0 aliphatic rings. The van der Waals surface area contributed by atoms with Crippen LogP contribution in [-0.4, -0.2) is 16.8 Å². The fourth-order valence-electron chi connectivity index (χ4n) is 0.865. The molecule has 4 heteroatoms. The second-order valence-corrected chi connectivity index (χ2v) is 2.41. The molecule has 0 aliphatic heterocycles. The monoisotopic (exact) mass is 186 g/mol. The lowest BCUT2D eigenvalue weighted by Gasteiger charge is -1.99. The van der Waals surface area contributed by atoms with Crippen LogP contribution in [0.2, 0.25) is 0 Å². The van der Waals surface area contributed by atoms with Gasteiger partial charge in [-0.25, -0.2) is 8.78 Å². The van der Waals surface area contributed by atoms with Gasteiger partial charge >= 0.3 is 0 Å². The van der Waals surface area contributed by atoms with E-state index < -0.39 is 11.6 Å². The SMILES string of the molecule is OCC=Cc1cc(F)c(F)cc1O. The molecule has 0 aliphatic carbocycles. The van der Waals surface area contributed by atoms with Gasteiger partial charge in [-0.1, -0.05) is 12.2 Å². The standard InChI is InChI=1S/C9H8F2O2/c10-7-4-6(2-1-3-12)9(13)5-8(7)11/h1-2,4-5,12-13H,3H2. The number of hydrogen-bond donors (Lipinski definition) is 2. The van der Waals surface area contributed by atoms with Crippen molar-refractivity contribution in [2.24, 2.45) is 0 Å². The molecular formula is C9H8F2O2. The normalized spacial score (nSPS) is 11.0. The Bertz CT molecular complexity index is 335. The first-order chi connectivity index (χ1) is 6.15. The number of rotatable bonds is 2. The molecule has 0 atom stereocenters. The summed E-state index contributed by atoms with van der Waals surface area (Å²) >= 11 is 0. The maximum atomic E-state index is 12.6. The Balaban J connectivity index is 3.08. The van der Waals surface area contributed by atoms with E-state index in [2.05, 4.69) is 0 Å². The number of aromatic hydroxyl groups is 1. The number of aliphatic hydroxyl groups is 1. The van der Waals surface area contributed by atoms with Gasteiger partial charge in [-0.3, -0.25) is 0 Å². The minimum absolute atomic E-state index is 0.132. The number of benzene rings is 1. The van der Waals surface area contributed by atoms with Gasteiger partial charge in [-0.2, -0.15) is 0 Å². The van der Waals surface area contributed by atoms with Crippen molar-refractivity contribution in [2.75, 3.05) is 6.61 Å². The molecule has 1 rings (SSSR count). The van der Waals surface area contributed by atoms with Gasteiger partial charge in [0.1, 0.15) is 5.75 Å². The van der Waals surface area contributed by atoms with Crippen LogP contribution in [0.1, 0.15) is 5.56 Å². The molecule has 0 unspecified atom stereocenters. The maximum absolute atomic E-state index is 12.6. The summed E-state index contributed by atoms with van der Waals surface area (Å²) in [5.74, 6) is -2.49. The highest BCUT2D eigenvalue weighted by Crippen LogP contribution is 2.21. The third-order valence-electron chi connectivity index (χ3n) is 1.47. The summed E-state index contributed by atoms with van der Waals surface area (Å²) in [4.78, 5) is 0. The van der Waals surface area contributed by atoms with Gasteiger partial charge < -0.3 is 10.2 Å². The maximum Gasteiger partial charge on any atom is 0.162 e. The Morgan fingerprint density at radius 1 is 1.23 bits per heavy atom. The van der Waals surface area contributed by atoms with Gasteiger partial charge in [-0.15, -0.1) is 0 Å². The van der Waals surface area contributed by atoms with Gasteiger partial charge in [0, 0.05) is 11.6 Å². The minimum Gasteiger partial charge on any atom is -0.507 e. The number of phenolic OH excluding ortho intramolecular Hbond substituents is 1. The molecule has 0 aromatic heterocycles. The van der Waals surface area contributed by atoms with Crippen LogP contribution < -0.4 is 0 Å². The van der Waals surface area contributed by atoms with Crippen molar-refractivity contribution in [1.29, 1.82) is 0 Å². The summed E-state index contributed by atoms with van der Waals surface area (Å²) in [5, 5.41) is 17.5. The predicted octanol–water partition coefficient (Wildman–Crippen LogP) is 1.68. The van der Waals surface area contributed by atoms with Gasteiger partial charge in [0.15, 0.2) is 11.6 Å². The molecule has 0 heterocycles. The Hall–Kier alpha value is -1.42. The third-order valence-corrected chi connectivity index (χ3v) is 1.47. The van der Waals surface area contributed by atoms with E-state index in [1.807, 2.05) is 0 Å². The first kappa shape index (κ1) is 9.67. The van der Waals surface area contributed by atoms with Crippen LogP contribution >= 0.6 is 0 Å². The fraction of sp³-hybridized carbons (Fsp3) is 0.111. The van der Waals surface area contributed by atoms with Crippen LogP contribution in [0, 0.1) is 11.6 Å². The molecule has 2 N–H and O–H groups in total. The summed E-state index contributed by atoms with van der Waals surface area (Å²) in [6, 6.07) is 1.54. The van der Waals surface area contributed by atoms with E-state index in [9.17, 15) is 8.78 Å². The Morgan fingerprint density at radius 2 is 1.85 bits per heavy atom. The van der Waals surface area contributed by atoms with E-state index in [1.54, 1.807) is 0 Å². The summed E-state index contributed by atoms with van der Waals surface area (Å²) < 4.78 is 25.1. The van der Waals surface area contributed by atoms with Gasteiger partial charge in [0.25, 0.3) is 0 Å². The smallest absolute Gasteiger partial charge is 0.162 e. The van der Waals surface area contributed by atoms with Crippen molar-refractivity contribution >= 4 is 6.08 Å². The van der Waals surface area contributed by atoms with E-state index >= 15 is 0 Å². The number of phenols is 1. The molecule has 70 valence electrons. The molecule has 0 spiro atoms. The van der Waals surface area contributed by atoms with Crippen LogP contribution in [0.5, 0.6) is 5.75 Å². The number of hydrogen-bond acceptors (Lipinski definition) is 2. The second kappa shape index (κ2) is 4.00. The summed E-state index contributed by atoms with van der Waals surface area (Å²) in [6.07, 6.45) is 2.62. The molecule has 0 saturated carbocycles. The Morgan fingerprint density at radius 3 is 2.46 bits per heavy atom. The first-order valence-corrected chi connectivity index (χ1v) is 3.60. The summed E-state index contributed by atoms with van der Waals surface area (Å²) in [5.41, 5.74) is 0.132. The molecule has 1 aromatic carbocycles. The van der Waals surface area contributed by atoms with Crippen molar-refractivity contribution in [3.05, 3.63) is 35.4 Å². The molecule has 13 heavy (non-hydrogen) atoms. The molecule has 0 fully saturated rings. The minimum atomic E-state index is -1.10. The average molecular weight is 186 g/mol. The van der Waals surface area contributed by atoms with E-state index in [0.717, 1.165) is 6.07 Å². The zero-order chi connectivity index (χ0) is 9.84. The third kappa shape index (κ3) is 2.26. The summed E-state index contributed by atoms with van der Waals surface area (Å²) in [7, 11) is 0. The zero-order valence-electron chi connectivity index (χ0n) is 6.67. The lowest BCUT2D eigenvalue weighted by Crippen LogP contribution is -1.86. The van der Waals surface area contributed by atoms with E-state index in [1.165, 1.54) is 12.2 Å². The molecule has 1 aromatic rings. The van der Waals surface area contributed by atoms with Crippen molar-refractivity contribution in [1.82, 2.24) is 0 Å². The highest BCUT2D eigenvalue weighted by molar-refractivity contribution is 5.56. The zero-order valence-corrected chi connectivity index (χ0v) is 6.67. The largest absolute Gasteiger partial charge is 0.507 e. The van der Waals surface area contributed by atoms with Crippen molar-refractivity contribution < 1.29 is 19.0 Å². The van der Waals surface area contributed by atoms with Gasteiger partial charge in [-0.05, 0) is 6.07 Å². The lowest BCUT2D eigenvalue weighted by molar-refractivity contribution is 0.343. The van der Waals surface area contributed by atoms with Crippen LogP contribution in [0.15, 0.2) is 18.2 Å². The molecule has 0 bridgehead atoms. The quantitative estimate of drug-likeness (QED) is 0.737. The van der Waals surface area contributed by atoms with Crippen LogP contribution in [-0.2, 0) is 0 Å². The molecular weight excluding hydrogens is 178 g/mol. The fourth-order valence-corrected chi connectivity index (χ4v) is 0.865. The number of halogens is 2. The summed E-state index contributed by atoms with van der Waals surface area (Å²) in [6.45, 7) is -0.224. The van der Waals surface area contributed by atoms with Crippen molar-refractivity contribution in [2.45, 2.75) is 0 Å². The highest BCUT2D eigenvalue weighted by atomic mass is 19.2. The number of aliphatic hydroxyl groups excluding tert-OH is 1. The van der Waals surface area contributed by atoms with Crippen molar-refractivity contribution in [3.63, 3.8) is 0 Å². The van der Waals surface area contributed by atoms with E-state index in [0.29, 0.717) is 6.07 Å². The topological polar surface area (TPSA) is 40.5 Å². The highest BCUT2D eigenvalue weighted by Gasteiger charge is 2.05. The Labute approximate surface area is 73.8 Å². The van der Waals surface area contributed by atoms with Crippen LogP contribution in [0.4, 0.5) is 8.78 Å². The second-order valence-electron chi connectivity index (χ2n) is 2.41.